The quantitative estimate of drug-likeness (QED) is 0.369. The second-order valence-corrected chi connectivity index (χ2v) is 8.53. The summed E-state index contributed by atoms with van der Waals surface area (Å²) in [5.74, 6) is 0.558. The van der Waals surface area contributed by atoms with Crippen LogP contribution in [-0.2, 0) is 6.61 Å². The van der Waals surface area contributed by atoms with Gasteiger partial charge in [0.2, 0.25) is 0 Å². The Balaban J connectivity index is 1.46. The van der Waals surface area contributed by atoms with Gasteiger partial charge in [0.1, 0.15) is 12.4 Å². The Hall–Kier alpha value is -2.86. The number of imidazole rings is 1. The van der Waals surface area contributed by atoms with E-state index in [1.807, 2.05) is 60.7 Å². The second kappa shape index (κ2) is 7.76. The summed E-state index contributed by atoms with van der Waals surface area (Å²) in [6, 6.07) is 20.6. The molecule has 7 heteroatoms. The Morgan fingerprint density at radius 2 is 1.80 bits per heavy atom. The molecular weight excluding hydrogens is 439 g/mol. The van der Waals surface area contributed by atoms with Gasteiger partial charge in [0, 0.05) is 10.6 Å². The summed E-state index contributed by atoms with van der Waals surface area (Å²) in [5.41, 5.74) is 3.25. The van der Waals surface area contributed by atoms with Gasteiger partial charge in [-0.05, 0) is 42.0 Å². The normalized spacial score (nSPS) is 12.1. The van der Waals surface area contributed by atoms with Crippen molar-refractivity contribution >= 4 is 56.6 Å². The predicted octanol–water partition coefficient (Wildman–Crippen LogP) is 5.34. The Labute approximate surface area is 185 Å². The lowest BCUT2D eigenvalue weighted by Crippen LogP contribution is -2.22. The molecule has 5 aromatic rings. The lowest BCUT2D eigenvalue weighted by molar-refractivity contribution is 0.306. The van der Waals surface area contributed by atoms with Gasteiger partial charge in [-0.2, -0.15) is 0 Å². The molecular formula is C23H14Cl2N2O2S. The fourth-order valence-electron chi connectivity index (χ4n) is 3.26. The molecule has 0 bridgehead atoms. The Morgan fingerprint density at radius 3 is 2.63 bits per heavy atom. The van der Waals surface area contributed by atoms with Crippen LogP contribution in [0.5, 0.6) is 5.75 Å². The van der Waals surface area contributed by atoms with E-state index in [1.54, 1.807) is 16.5 Å². The Bertz CT molecular complexity index is 1510. The predicted molar refractivity (Wildman–Crippen MR) is 123 cm³/mol. The van der Waals surface area contributed by atoms with Crippen molar-refractivity contribution in [2.45, 2.75) is 6.61 Å². The molecule has 0 aliphatic rings. The third-order valence-corrected chi connectivity index (χ3v) is 6.37. The smallest absolute Gasteiger partial charge is 0.274 e. The molecule has 0 amide bonds. The highest BCUT2D eigenvalue weighted by Crippen LogP contribution is 2.27. The summed E-state index contributed by atoms with van der Waals surface area (Å²) in [5, 5.41) is 1.12. The molecule has 0 saturated heterocycles. The number of ether oxygens (including phenoxy) is 1. The molecule has 2 aromatic heterocycles. The van der Waals surface area contributed by atoms with Gasteiger partial charge in [0.05, 0.1) is 20.6 Å². The average molecular weight is 453 g/mol. The summed E-state index contributed by atoms with van der Waals surface area (Å²) >= 11 is 13.9. The van der Waals surface area contributed by atoms with Crippen molar-refractivity contribution in [1.82, 2.24) is 9.38 Å². The van der Waals surface area contributed by atoms with Crippen molar-refractivity contribution in [2.24, 2.45) is 0 Å². The van der Waals surface area contributed by atoms with Crippen molar-refractivity contribution in [2.75, 3.05) is 0 Å². The van der Waals surface area contributed by atoms with Crippen LogP contribution in [0, 0.1) is 0 Å². The van der Waals surface area contributed by atoms with E-state index in [0.29, 0.717) is 31.9 Å². The third-order valence-electron chi connectivity index (χ3n) is 4.74. The second-order valence-electron chi connectivity index (χ2n) is 6.70. The molecule has 0 spiro atoms. The summed E-state index contributed by atoms with van der Waals surface area (Å²) in [6.45, 7) is 0.322. The minimum Gasteiger partial charge on any atom is -0.487 e. The van der Waals surface area contributed by atoms with E-state index in [9.17, 15) is 4.79 Å². The Kier molecular flexibility index (Phi) is 4.95. The summed E-state index contributed by atoms with van der Waals surface area (Å²) in [7, 11) is 0. The number of fused-ring (bicyclic) bond motifs is 3. The number of rotatable bonds is 4. The number of benzene rings is 3. The van der Waals surface area contributed by atoms with Crippen LogP contribution < -0.4 is 14.8 Å². The van der Waals surface area contributed by atoms with Crippen molar-refractivity contribution in [3.63, 3.8) is 0 Å². The highest BCUT2D eigenvalue weighted by molar-refractivity contribution is 7.15. The molecule has 30 heavy (non-hydrogen) atoms. The van der Waals surface area contributed by atoms with Gasteiger partial charge < -0.3 is 4.74 Å². The van der Waals surface area contributed by atoms with E-state index in [-0.39, 0.29) is 5.56 Å². The molecule has 0 saturated carbocycles. The molecule has 0 radical (unpaired) electrons. The first-order valence-electron chi connectivity index (χ1n) is 9.17. The van der Waals surface area contributed by atoms with Crippen LogP contribution in [-0.4, -0.2) is 9.38 Å². The van der Waals surface area contributed by atoms with Gasteiger partial charge >= 0.3 is 0 Å². The fourth-order valence-corrected chi connectivity index (χ4v) is 4.68. The summed E-state index contributed by atoms with van der Waals surface area (Å²) < 4.78 is 8.06. The van der Waals surface area contributed by atoms with Crippen molar-refractivity contribution < 1.29 is 4.74 Å². The summed E-state index contributed by atoms with van der Waals surface area (Å²) in [4.78, 5) is 18.1. The fraction of sp³-hybridized carbons (Fsp3) is 0.0435. The lowest BCUT2D eigenvalue weighted by atomic mass is 10.2. The highest BCUT2D eigenvalue weighted by atomic mass is 35.5. The number of hydrogen-bond acceptors (Lipinski definition) is 4. The first-order valence-corrected chi connectivity index (χ1v) is 10.7. The maximum absolute atomic E-state index is 12.9. The van der Waals surface area contributed by atoms with E-state index in [1.165, 1.54) is 11.3 Å². The van der Waals surface area contributed by atoms with Crippen molar-refractivity contribution in [3.8, 4) is 5.75 Å². The first kappa shape index (κ1) is 19.1. The molecule has 4 nitrogen and oxygen atoms in total. The van der Waals surface area contributed by atoms with Crippen LogP contribution in [0.4, 0.5) is 0 Å². The first-order chi connectivity index (χ1) is 14.6. The van der Waals surface area contributed by atoms with Gasteiger partial charge in [0.25, 0.3) is 5.56 Å². The number of nitrogens with zero attached hydrogens (tertiary/aromatic N) is 2. The van der Waals surface area contributed by atoms with E-state index in [2.05, 4.69) is 4.98 Å². The molecule has 0 aliphatic heterocycles. The summed E-state index contributed by atoms with van der Waals surface area (Å²) in [6.07, 6.45) is 1.82. The zero-order valence-electron chi connectivity index (χ0n) is 15.5. The standard InChI is InChI=1S/C23H14Cl2N2O2S/c24-16-6-2-1-5-15(16)13-29-20-10-9-14(11-17(20)25)12-21-22(28)27-19-8-4-3-7-18(19)26-23(27)30-21/h1-12H,13H2. The number of para-hydroxylation sites is 2. The number of halogens is 2. The number of hydrogen-bond donors (Lipinski definition) is 0. The van der Waals surface area contributed by atoms with Crippen LogP contribution in [0.2, 0.25) is 10.0 Å². The minimum atomic E-state index is -0.0844. The molecule has 5 rings (SSSR count). The monoisotopic (exact) mass is 452 g/mol. The van der Waals surface area contributed by atoms with E-state index in [0.717, 1.165) is 22.2 Å². The average Bonchev–Trinajstić information content (AvgIpc) is 3.25. The van der Waals surface area contributed by atoms with E-state index in [4.69, 9.17) is 27.9 Å². The van der Waals surface area contributed by atoms with Gasteiger partial charge in [-0.3, -0.25) is 4.79 Å². The minimum absolute atomic E-state index is 0.0844. The van der Waals surface area contributed by atoms with Crippen molar-refractivity contribution in [3.05, 3.63) is 103 Å². The topological polar surface area (TPSA) is 43.6 Å². The van der Waals surface area contributed by atoms with Crippen molar-refractivity contribution in [1.29, 1.82) is 0 Å². The van der Waals surface area contributed by atoms with Crippen LogP contribution in [0.25, 0.3) is 22.1 Å². The lowest BCUT2D eigenvalue weighted by Gasteiger charge is -2.09. The molecule has 2 heterocycles. The maximum Gasteiger partial charge on any atom is 0.274 e. The molecule has 3 aromatic carbocycles. The van der Waals surface area contributed by atoms with Crippen LogP contribution in [0.3, 0.4) is 0 Å². The molecule has 0 fully saturated rings. The molecule has 0 N–H and O–H groups in total. The maximum atomic E-state index is 12.9. The molecule has 0 aliphatic carbocycles. The van der Waals surface area contributed by atoms with Crippen LogP contribution in [0.15, 0.2) is 71.5 Å². The number of aromatic nitrogens is 2. The Morgan fingerprint density at radius 1 is 1.00 bits per heavy atom. The molecule has 0 atom stereocenters. The number of thiazole rings is 1. The SMILES string of the molecule is O=c1c(=Cc2ccc(OCc3ccccc3Cl)c(Cl)c2)sc2nc3ccccc3n12. The van der Waals surface area contributed by atoms with Gasteiger partial charge in [0.15, 0.2) is 4.96 Å². The third kappa shape index (κ3) is 3.45. The van der Waals surface area contributed by atoms with Gasteiger partial charge in [-0.1, -0.05) is 70.9 Å². The van der Waals surface area contributed by atoms with Gasteiger partial charge in [-0.15, -0.1) is 0 Å². The molecule has 0 unspecified atom stereocenters. The van der Waals surface area contributed by atoms with Crippen LogP contribution in [0.1, 0.15) is 11.1 Å². The highest BCUT2D eigenvalue weighted by Gasteiger charge is 2.11. The van der Waals surface area contributed by atoms with E-state index >= 15 is 0 Å². The zero-order chi connectivity index (χ0) is 20.7. The van der Waals surface area contributed by atoms with Gasteiger partial charge in [-0.25, -0.2) is 9.38 Å². The van der Waals surface area contributed by atoms with E-state index < -0.39 is 0 Å². The van der Waals surface area contributed by atoms with Crippen LogP contribution >= 0.6 is 34.5 Å². The molecule has 148 valence electrons. The largest absolute Gasteiger partial charge is 0.487 e. The zero-order valence-corrected chi connectivity index (χ0v) is 17.8.